The number of hydrogen-bond donors (Lipinski definition) is 1. The second kappa shape index (κ2) is 8.82. The Morgan fingerprint density at radius 1 is 1.00 bits per heavy atom. The fraction of sp³-hybridized carbons (Fsp3) is 0.160. The molecule has 0 aliphatic carbocycles. The third-order valence-electron chi connectivity index (χ3n) is 5.24. The van der Waals surface area contributed by atoms with Crippen LogP contribution in [0.2, 0.25) is 0 Å². The van der Waals surface area contributed by atoms with E-state index in [4.69, 9.17) is 5.26 Å². The molecule has 0 saturated heterocycles. The Balaban J connectivity index is 1.46. The molecule has 1 N–H and O–H groups in total. The lowest BCUT2D eigenvalue weighted by molar-refractivity contribution is -0.117. The molecule has 0 aliphatic heterocycles. The molecular formula is C25H22N6O. The number of aromatic nitrogens is 4. The summed E-state index contributed by atoms with van der Waals surface area (Å²) in [6.07, 6.45) is 3.48. The molecule has 0 aliphatic rings. The van der Waals surface area contributed by atoms with Crippen molar-refractivity contribution in [3.63, 3.8) is 0 Å². The Hall–Kier alpha value is -4.31. The highest BCUT2D eigenvalue weighted by molar-refractivity contribution is 5.90. The number of hydrogen-bond acceptors (Lipinski definition) is 5. The second-order valence-corrected chi connectivity index (χ2v) is 7.56. The third-order valence-corrected chi connectivity index (χ3v) is 5.24. The topological polar surface area (TPSA) is 96.5 Å². The number of nitriles is 1. The van der Waals surface area contributed by atoms with Gasteiger partial charge in [0.2, 0.25) is 5.91 Å². The number of amides is 1. The van der Waals surface area contributed by atoms with Gasteiger partial charge in [0.05, 0.1) is 17.3 Å². The van der Waals surface area contributed by atoms with Crippen LogP contribution in [0.15, 0.2) is 60.9 Å². The van der Waals surface area contributed by atoms with Crippen molar-refractivity contribution in [3.05, 3.63) is 83.6 Å². The summed E-state index contributed by atoms with van der Waals surface area (Å²) in [5.74, 6) is 0.269. The van der Waals surface area contributed by atoms with E-state index in [-0.39, 0.29) is 12.5 Å². The van der Waals surface area contributed by atoms with E-state index in [0.717, 1.165) is 39.3 Å². The Kier molecular flexibility index (Phi) is 5.77. The molecule has 0 atom stereocenters. The van der Waals surface area contributed by atoms with Gasteiger partial charge >= 0.3 is 0 Å². The van der Waals surface area contributed by atoms with Gasteiger partial charge in [-0.1, -0.05) is 12.1 Å². The van der Waals surface area contributed by atoms with Crippen LogP contribution >= 0.6 is 0 Å². The van der Waals surface area contributed by atoms with Crippen molar-refractivity contribution in [1.29, 1.82) is 5.26 Å². The molecule has 0 spiro atoms. The van der Waals surface area contributed by atoms with Gasteiger partial charge in [-0.2, -0.15) is 10.4 Å². The van der Waals surface area contributed by atoms with Crippen molar-refractivity contribution in [3.8, 4) is 28.3 Å². The highest BCUT2D eigenvalue weighted by atomic mass is 16.2. The van der Waals surface area contributed by atoms with E-state index in [1.54, 1.807) is 35.3 Å². The summed E-state index contributed by atoms with van der Waals surface area (Å²) in [6, 6.07) is 17.0. The highest BCUT2D eigenvalue weighted by Crippen LogP contribution is 2.27. The fourth-order valence-corrected chi connectivity index (χ4v) is 3.66. The van der Waals surface area contributed by atoms with Gasteiger partial charge in [0, 0.05) is 34.9 Å². The van der Waals surface area contributed by atoms with Gasteiger partial charge in [0.1, 0.15) is 12.4 Å². The molecule has 7 nitrogen and oxygen atoms in total. The van der Waals surface area contributed by atoms with E-state index in [1.165, 1.54) is 0 Å². The molecule has 7 heteroatoms. The normalized spacial score (nSPS) is 10.6. The summed E-state index contributed by atoms with van der Waals surface area (Å²) in [6.45, 7) is 5.94. The van der Waals surface area contributed by atoms with Crippen LogP contribution in [0.3, 0.4) is 0 Å². The Labute approximate surface area is 186 Å². The van der Waals surface area contributed by atoms with Crippen molar-refractivity contribution < 1.29 is 4.79 Å². The van der Waals surface area contributed by atoms with Crippen LogP contribution in [0.4, 0.5) is 5.82 Å². The van der Waals surface area contributed by atoms with Gasteiger partial charge in [-0.15, -0.1) is 0 Å². The summed E-state index contributed by atoms with van der Waals surface area (Å²) in [4.78, 5) is 21.2. The maximum atomic E-state index is 12.6. The molecule has 1 aromatic carbocycles. The van der Waals surface area contributed by atoms with Crippen LogP contribution in [0.5, 0.6) is 0 Å². The van der Waals surface area contributed by atoms with Gasteiger partial charge in [-0.3, -0.25) is 14.5 Å². The van der Waals surface area contributed by atoms with Crippen molar-refractivity contribution in [2.24, 2.45) is 0 Å². The molecule has 3 aromatic heterocycles. The smallest absolute Gasteiger partial charge is 0.247 e. The highest BCUT2D eigenvalue weighted by Gasteiger charge is 2.16. The minimum absolute atomic E-state index is 0.0930. The van der Waals surface area contributed by atoms with Gasteiger partial charge < -0.3 is 5.32 Å². The molecule has 0 fully saturated rings. The van der Waals surface area contributed by atoms with Crippen molar-refractivity contribution in [2.75, 3.05) is 5.32 Å². The van der Waals surface area contributed by atoms with Gasteiger partial charge in [-0.25, -0.2) is 4.98 Å². The fourth-order valence-electron chi connectivity index (χ4n) is 3.66. The number of rotatable bonds is 5. The Bertz CT molecular complexity index is 1310. The summed E-state index contributed by atoms with van der Waals surface area (Å²) in [5.41, 5.74) is 7.25. The van der Waals surface area contributed by atoms with Crippen LogP contribution in [0.25, 0.3) is 22.3 Å². The standard InChI is InChI=1S/C25H22N6O/c1-16-12-21(10-11-27-16)25-17(2)30-31(18(25)3)15-24(32)29-23-9-8-22(14-28-23)20-6-4-19(13-26)5-7-20/h4-12,14H,15H2,1-3H3,(H,28,29,32). The van der Waals surface area contributed by atoms with Gasteiger partial charge in [0.25, 0.3) is 0 Å². The zero-order valence-corrected chi connectivity index (χ0v) is 18.1. The summed E-state index contributed by atoms with van der Waals surface area (Å²) >= 11 is 0. The Morgan fingerprint density at radius 3 is 2.41 bits per heavy atom. The zero-order valence-electron chi connectivity index (χ0n) is 18.1. The first-order valence-corrected chi connectivity index (χ1v) is 10.2. The first-order valence-electron chi connectivity index (χ1n) is 10.2. The van der Waals surface area contributed by atoms with Crippen molar-refractivity contribution in [2.45, 2.75) is 27.3 Å². The van der Waals surface area contributed by atoms with Gasteiger partial charge in [-0.05, 0) is 68.3 Å². The number of aryl methyl sites for hydroxylation is 2. The van der Waals surface area contributed by atoms with Crippen molar-refractivity contribution in [1.82, 2.24) is 19.7 Å². The molecule has 0 bridgehead atoms. The van der Waals surface area contributed by atoms with Crippen LogP contribution < -0.4 is 5.32 Å². The molecule has 0 saturated carbocycles. The average Bonchev–Trinajstić information content (AvgIpc) is 3.07. The van der Waals surface area contributed by atoms with E-state index in [1.807, 2.05) is 51.1 Å². The number of carbonyl (C=O) groups is 1. The first-order chi connectivity index (χ1) is 15.4. The lowest BCUT2D eigenvalue weighted by Gasteiger charge is -2.08. The molecular weight excluding hydrogens is 400 g/mol. The molecule has 4 rings (SSSR count). The monoisotopic (exact) mass is 422 g/mol. The lowest BCUT2D eigenvalue weighted by atomic mass is 10.0. The van der Waals surface area contributed by atoms with E-state index >= 15 is 0 Å². The predicted octanol–water partition coefficient (Wildman–Crippen LogP) is 4.44. The maximum Gasteiger partial charge on any atom is 0.247 e. The minimum Gasteiger partial charge on any atom is -0.309 e. The average molecular weight is 422 g/mol. The van der Waals surface area contributed by atoms with E-state index in [2.05, 4.69) is 26.5 Å². The van der Waals surface area contributed by atoms with E-state index in [0.29, 0.717) is 11.4 Å². The molecule has 0 unspecified atom stereocenters. The number of nitrogens with one attached hydrogen (secondary N) is 1. The minimum atomic E-state index is -0.202. The number of pyridine rings is 2. The molecule has 158 valence electrons. The predicted molar refractivity (Wildman–Crippen MR) is 123 cm³/mol. The maximum absolute atomic E-state index is 12.6. The molecule has 0 radical (unpaired) electrons. The van der Waals surface area contributed by atoms with E-state index in [9.17, 15) is 4.79 Å². The van der Waals surface area contributed by atoms with Crippen molar-refractivity contribution >= 4 is 11.7 Å². The number of carbonyl (C=O) groups excluding carboxylic acids is 1. The molecule has 4 aromatic rings. The number of anilines is 1. The second-order valence-electron chi connectivity index (χ2n) is 7.56. The third kappa shape index (κ3) is 4.40. The Morgan fingerprint density at radius 2 is 1.75 bits per heavy atom. The van der Waals surface area contributed by atoms with E-state index < -0.39 is 0 Å². The first kappa shape index (κ1) is 20.9. The SMILES string of the molecule is Cc1cc(-c2c(C)nn(CC(=O)Nc3ccc(-c4ccc(C#N)cc4)cn3)c2C)ccn1. The largest absolute Gasteiger partial charge is 0.309 e. The summed E-state index contributed by atoms with van der Waals surface area (Å²) in [7, 11) is 0. The number of nitrogens with zero attached hydrogens (tertiary/aromatic N) is 5. The van der Waals surface area contributed by atoms with Crippen LogP contribution in [0.1, 0.15) is 22.6 Å². The molecule has 32 heavy (non-hydrogen) atoms. The molecule has 3 heterocycles. The summed E-state index contributed by atoms with van der Waals surface area (Å²) < 4.78 is 1.71. The lowest BCUT2D eigenvalue weighted by Crippen LogP contribution is -2.20. The van der Waals surface area contributed by atoms with Crippen LogP contribution in [-0.4, -0.2) is 25.7 Å². The van der Waals surface area contributed by atoms with Crippen LogP contribution in [0, 0.1) is 32.1 Å². The summed E-state index contributed by atoms with van der Waals surface area (Å²) in [5, 5.41) is 16.3. The number of benzene rings is 1. The van der Waals surface area contributed by atoms with Crippen LogP contribution in [-0.2, 0) is 11.3 Å². The van der Waals surface area contributed by atoms with Gasteiger partial charge in [0.15, 0.2) is 0 Å². The molecule has 1 amide bonds. The zero-order chi connectivity index (χ0) is 22.7. The quantitative estimate of drug-likeness (QED) is 0.513.